The van der Waals surface area contributed by atoms with Crippen LogP contribution in [0.1, 0.15) is 50.7 Å². The van der Waals surface area contributed by atoms with E-state index in [1.807, 2.05) is 5.32 Å². The van der Waals surface area contributed by atoms with E-state index in [1.54, 1.807) is 6.07 Å². The predicted molar refractivity (Wildman–Crippen MR) is 105 cm³/mol. The van der Waals surface area contributed by atoms with Crippen molar-refractivity contribution in [1.29, 1.82) is 0 Å². The van der Waals surface area contributed by atoms with Gasteiger partial charge in [-0.25, -0.2) is 0 Å². The van der Waals surface area contributed by atoms with Crippen LogP contribution in [0.3, 0.4) is 0 Å². The van der Waals surface area contributed by atoms with Crippen molar-refractivity contribution >= 4 is 23.6 Å². The zero-order valence-electron chi connectivity index (χ0n) is 16.6. The number of halogens is 3. The smallest absolute Gasteiger partial charge is 0.337 e. The van der Waals surface area contributed by atoms with Crippen LogP contribution in [0.2, 0.25) is 0 Å². The number of imide groups is 1. The molecule has 2 aromatic carbocycles. The molecule has 2 N–H and O–H groups in total. The first kappa shape index (κ1) is 21.5. The minimum Gasteiger partial charge on any atom is -0.337 e. The maximum absolute atomic E-state index is 13.5. The molecule has 10 heteroatoms. The summed E-state index contributed by atoms with van der Waals surface area (Å²) in [5.74, 6) is -2.35. The Morgan fingerprint density at radius 1 is 1.09 bits per heavy atom. The van der Waals surface area contributed by atoms with Crippen molar-refractivity contribution in [1.82, 2.24) is 15.5 Å². The third kappa shape index (κ3) is 4.08. The first-order chi connectivity index (χ1) is 15.1. The molecule has 2 aliphatic rings. The number of rotatable bonds is 4. The Kier molecular flexibility index (Phi) is 5.45. The number of amides is 4. The van der Waals surface area contributed by atoms with Crippen molar-refractivity contribution in [2.75, 3.05) is 0 Å². The van der Waals surface area contributed by atoms with Gasteiger partial charge in [-0.15, -0.1) is 0 Å². The van der Waals surface area contributed by atoms with Crippen LogP contribution >= 0.6 is 0 Å². The van der Waals surface area contributed by atoms with Crippen LogP contribution in [0.25, 0.3) is 0 Å². The minimum absolute atomic E-state index is 0.0168. The lowest BCUT2D eigenvalue weighted by atomic mass is 10.0. The largest absolute Gasteiger partial charge is 0.412 e. The fraction of sp³-hybridized carbons (Fsp3) is 0.273. The maximum atomic E-state index is 13.5. The molecule has 0 saturated carbocycles. The zero-order chi connectivity index (χ0) is 23.0. The highest BCUT2D eigenvalue weighted by atomic mass is 19.4. The Bertz CT molecular complexity index is 1100. The Morgan fingerprint density at radius 3 is 2.47 bits per heavy atom. The number of nitrogens with one attached hydrogen (secondary N) is 2. The quantitative estimate of drug-likeness (QED) is 0.707. The van der Waals surface area contributed by atoms with Gasteiger partial charge >= 0.3 is 6.18 Å². The molecule has 0 aliphatic carbocycles. The molecule has 1 fully saturated rings. The second-order valence-electron chi connectivity index (χ2n) is 7.63. The van der Waals surface area contributed by atoms with Gasteiger partial charge in [0.25, 0.3) is 11.8 Å². The van der Waals surface area contributed by atoms with Crippen LogP contribution in [-0.2, 0) is 16.1 Å². The molecule has 2 aliphatic heterocycles. The molecule has 4 amide bonds. The number of carbonyl (C=O) groups excluding carboxylic acids is 4. The molecule has 0 spiro atoms. The SMILES string of the molecule is O=C1CC[C@H](N2Cc3cc(C(=O)NC(c4ccccc4)C(F)(F)F)ccc3C2=O)C(=O)N1. The number of alkyl halides is 3. The van der Waals surface area contributed by atoms with E-state index in [9.17, 15) is 32.3 Å². The molecule has 0 aromatic heterocycles. The fourth-order valence-corrected chi connectivity index (χ4v) is 3.93. The molecule has 0 radical (unpaired) electrons. The van der Waals surface area contributed by atoms with E-state index in [1.165, 1.54) is 47.4 Å². The summed E-state index contributed by atoms with van der Waals surface area (Å²) in [5, 5.41) is 4.21. The van der Waals surface area contributed by atoms with E-state index in [2.05, 4.69) is 5.32 Å². The molecule has 1 saturated heterocycles. The van der Waals surface area contributed by atoms with E-state index in [0.717, 1.165) is 0 Å². The van der Waals surface area contributed by atoms with Gasteiger partial charge in [0.15, 0.2) is 6.04 Å². The average molecular weight is 445 g/mol. The van der Waals surface area contributed by atoms with Crippen molar-refractivity contribution in [2.45, 2.75) is 37.6 Å². The molecule has 32 heavy (non-hydrogen) atoms. The van der Waals surface area contributed by atoms with E-state index in [-0.39, 0.29) is 36.1 Å². The minimum atomic E-state index is -4.70. The van der Waals surface area contributed by atoms with Gasteiger partial charge in [-0.3, -0.25) is 24.5 Å². The summed E-state index contributed by atoms with van der Waals surface area (Å²) < 4.78 is 40.6. The van der Waals surface area contributed by atoms with Gasteiger partial charge in [-0.1, -0.05) is 30.3 Å². The van der Waals surface area contributed by atoms with Crippen LogP contribution in [0.15, 0.2) is 48.5 Å². The fourth-order valence-electron chi connectivity index (χ4n) is 3.93. The highest BCUT2D eigenvalue weighted by Gasteiger charge is 2.42. The van der Waals surface area contributed by atoms with Gasteiger partial charge in [0, 0.05) is 24.1 Å². The summed E-state index contributed by atoms with van der Waals surface area (Å²) >= 11 is 0. The van der Waals surface area contributed by atoms with Gasteiger partial charge in [-0.05, 0) is 35.7 Å². The number of hydrogen-bond acceptors (Lipinski definition) is 4. The van der Waals surface area contributed by atoms with Crippen molar-refractivity contribution in [2.24, 2.45) is 0 Å². The molecular formula is C22H18F3N3O4. The summed E-state index contributed by atoms with van der Waals surface area (Å²) in [6, 6.07) is 8.01. The molecule has 2 aromatic rings. The summed E-state index contributed by atoms with van der Waals surface area (Å²) in [4.78, 5) is 50.1. The van der Waals surface area contributed by atoms with Crippen LogP contribution in [0.5, 0.6) is 0 Å². The molecule has 2 heterocycles. The van der Waals surface area contributed by atoms with Gasteiger partial charge in [-0.2, -0.15) is 13.2 Å². The number of hydrogen-bond donors (Lipinski definition) is 2. The molecule has 7 nitrogen and oxygen atoms in total. The number of fused-ring (bicyclic) bond motifs is 1. The van der Waals surface area contributed by atoms with Crippen LogP contribution in [0.4, 0.5) is 13.2 Å². The first-order valence-electron chi connectivity index (χ1n) is 9.85. The predicted octanol–water partition coefficient (Wildman–Crippen LogP) is 2.48. The Hall–Kier alpha value is -3.69. The van der Waals surface area contributed by atoms with Gasteiger partial charge in [0.05, 0.1) is 0 Å². The lowest BCUT2D eigenvalue weighted by molar-refractivity contribution is -0.155. The first-order valence-corrected chi connectivity index (χ1v) is 9.85. The maximum Gasteiger partial charge on any atom is 0.412 e. The van der Waals surface area contributed by atoms with Gasteiger partial charge < -0.3 is 10.2 Å². The second-order valence-corrected chi connectivity index (χ2v) is 7.63. The molecule has 2 atom stereocenters. The highest BCUT2D eigenvalue weighted by molar-refractivity contribution is 6.06. The average Bonchev–Trinajstić information content (AvgIpc) is 3.07. The number of piperidine rings is 1. The summed E-state index contributed by atoms with van der Waals surface area (Å²) in [5.41, 5.74) is 0.554. The third-order valence-corrected chi connectivity index (χ3v) is 5.52. The van der Waals surface area contributed by atoms with E-state index in [4.69, 9.17) is 0 Å². The Balaban J connectivity index is 1.54. The van der Waals surface area contributed by atoms with E-state index < -0.39 is 41.9 Å². The number of nitrogens with zero attached hydrogens (tertiary/aromatic N) is 1. The summed E-state index contributed by atoms with van der Waals surface area (Å²) in [6.45, 7) is 0.0168. The van der Waals surface area contributed by atoms with Crippen molar-refractivity contribution < 1.29 is 32.3 Å². The van der Waals surface area contributed by atoms with Crippen LogP contribution in [0, 0.1) is 0 Å². The standard InChI is InChI=1S/C22H18F3N3O4/c23-22(24,25)18(12-4-2-1-3-5-12)27-19(30)13-6-7-15-14(10-13)11-28(21(15)32)16-8-9-17(29)26-20(16)31/h1-7,10,16,18H,8-9,11H2,(H,27,30)(H,26,29,31)/t16-,18?/m0/s1. The summed E-state index contributed by atoms with van der Waals surface area (Å²) in [7, 11) is 0. The van der Waals surface area contributed by atoms with Gasteiger partial charge in [0.2, 0.25) is 11.8 Å². The second kappa shape index (κ2) is 8.10. The molecule has 4 rings (SSSR count). The van der Waals surface area contributed by atoms with Crippen molar-refractivity contribution in [3.05, 3.63) is 70.8 Å². The lowest BCUT2D eigenvalue weighted by Gasteiger charge is -2.29. The van der Waals surface area contributed by atoms with Crippen molar-refractivity contribution in [3.63, 3.8) is 0 Å². The van der Waals surface area contributed by atoms with Crippen LogP contribution < -0.4 is 10.6 Å². The number of carbonyl (C=O) groups is 4. The van der Waals surface area contributed by atoms with Gasteiger partial charge in [0.1, 0.15) is 6.04 Å². The molecule has 1 unspecified atom stereocenters. The number of benzene rings is 2. The Labute approximate surface area is 180 Å². The van der Waals surface area contributed by atoms with Crippen LogP contribution in [-0.4, -0.2) is 40.7 Å². The summed E-state index contributed by atoms with van der Waals surface area (Å²) in [6.07, 6.45) is -4.42. The highest BCUT2D eigenvalue weighted by Crippen LogP contribution is 2.33. The molecular weight excluding hydrogens is 427 g/mol. The van der Waals surface area contributed by atoms with E-state index >= 15 is 0 Å². The molecule has 166 valence electrons. The third-order valence-electron chi connectivity index (χ3n) is 5.52. The van der Waals surface area contributed by atoms with E-state index in [0.29, 0.717) is 5.56 Å². The Morgan fingerprint density at radius 2 is 1.81 bits per heavy atom. The normalized spacial score (nSPS) is 19.4. The monoisotopic (exact) mass is 445 g/mol. The molecule has 0 bridgehead atoms. The lowest BCUT2D eigenvalue weighted by Crippen LogP contribution is -2.52. The topological polar surface area (TPSA) is 95.6 Å². The zero-order valence-corrected chi connectivity index (χ0v) is 16.6. The van der Waals surface area contributed by atoms with Crippen molar-refractivity contribution in [3.8, 4) is 0 Å².